The van der Waals surface area contributed by atoms with Crippen LogP contribution in [0.4, 0.5) is 8.78 Å². The first-order valence-electron chi connectivity index (χ1n) is 19.9. The smallest absolute Gasteiger partial charge is 0.377 e. The van der Waals surface area contributed by atoms with Crippen molar-refractivity contribution in [1.29, 1.82) is 0 Å². The predicted octanol–water partition coefficient (Wildman–Crippen LogP) is 5.17. The Morgan fingerprint density at radius 1 is 0.654 bits per heavy atom. The van der Waals surface area contributed by atoms with Crippen LogP contribution in [0.3, 0.4) is 0 Å². The summed E-state index contributed by atoms with van der Waals surface area (Å²) >= 11 is 0. The van der Waals surface area contributed by atoms with E-state index in [0.717, 1.165) is 51.4 Å². The number of hydrogen-bond donors (Lipinski definition) is 0. The molecule has 6 atom stereocenters. The molecule has 10 nitrogen and oxygen atoms in total. The Morgan fingerprint density at radius 2 is 1.12 bits per heavy atom. The third-order valence-electron chi connectivity index (χ3n) is 16.2. The van der Waals surface area contributed by atoms with Crippen molar-refractivity contribution in [2.75, 3.05) is 26.4 Å². The van der Waals surface area contributed by atoms with E-state index >= 15 is 0 Å². The maximum absolute atomic E-state index is 14.0. The van der Waals surface area contributed by atoms with Gasteiger partial charge >= 0.3 is 23.8 Å². The highest BCUT2D eigenvalue weighted by Crippen LogP contribution is 2.64. The second-order valence-electron chi connectivity index (χ2n) is 19.7. The van der Waals surface area contributed by atoms with Gasteiger partial charge in [0.05, 0.1) is 29.6 Å². The van der Waals surface area contributed by atoms with Crippen molar-refractivity contribution in [3.05, 3.63) is 0 Å². The second-order valence-corrected chi connectivity index (χ2v) is 19.7. The quantitative estimate of drug-likeness (QED) is 0.244. The molecular formula is C40H50F2O10. The number of Topliss-reactive ketones (excluding diaryl/α,β-unsaturated/α-hetero) is 2. The molecule has 0 radical (unpaired) electrons. The average Bonchev–Trinajstić information content (AvgIpc) is 3.09. The molecular weight excluding hydrogens is 678 g/mol. The molecule has 13 fully saturated rings. The van der Waals surface area contributed by atoms with Gasteiger partial charge in [-0.2, -0.15) is 8.78 Å². The van der Waals surface area contributed by atoms with Crippen LogP contribution in [-0.2, 0) is 47.7 Å². The largest absolute Gasteiger partial charge is 0.462 e. The Bertz CT molecular complexity index is 1480. The zero-order valence-corrected chi connectivity index (χ0v) is 30.0. The highest BCUT2D eigenvalue weighted by atomic mass is 19.3. The number of alkyl halides is 2. The second kappa shape index (κ2) is 11.1. The van der Waals surface area contributed by atoms with E-state index in [0.29, 0.717) is 75.3 Å². The lowest BCUT2D eigenvalue weighted by Gasteiger charge is -2.65. The van der Waals surface area contributed by atoms with Crippen molar-refractivity contribution in [2.45, 2.75) is 126 Å². The maximum atomic E-state index is 14.0. The molecule has 12 bridgehead atoms. The number of carbonyl (C=O) groups is 5. The Balaban J connectivity index is 0.873. The lowest BCUT2D eigenvalue weighted by Crippen LogP contribution is -2.71. The van der Waals surface area contributed by atoms with Crippen molar-refractivity contribution in [2.24, 2.45) is 64.1 Å². The summed E-state index contributed by atoms with van der Waals surface area (Å²) in [6.07, 6.45) is 9.95. The van der Waals surface area contributed by atoms with Crippen LogP contribution in [0.25, 0.3) is 0 Å². The minimum atomic E-state index is -3.57. The van der Waals surface area contributed by atoms with E-state index in [4.69, 9.17) is 23.7 Å². The molecule has 6 unspecified atom stereocenters. The highest BCUT2D eigenvalue weighted by Gasteiger charge is 2.68. The minimum absolute atomic E-state index is 0.00374. The topological polar surface area (TPSA) is 132 Å². The van der Waals surface area contributed by atoms with Crippen molar-refractivity contribution >= 4 is 29.5 Å². The van der Waals surface area contributed by atoms with Crippen LogP contribution < -0.4 is 0 Å². The fraction of sp³-hybridized carbons (Fsp3) is 0.875. The molecule has 12 saturated carbocycles. The number of rotatable bonds is 8. The molecule has 52 heavy (non-hydrogen) atoms. The third kappa shape index (κ3) is 5.00. The SMILES string of the molecule is CC(F)(F)C(=O)OC12CC3CC(C1)C1(COC(COC(=O)C45CC6CC(C4)C(=O)C(C6)C5)(COC(=O)C45CC6CC(C4)C(=O)C(C6)C5)CO1)C(C3)C2. The Hall–Kier alpha value is -2.47. The highest BCUT2D eigenvalue weighted by molar-refractivity contribution is 5.90. The van der Waals surface area contributed by atoms with E-state index in [1.807, 2.05) is 0 Å². The van der Waals surface area contributed by atoms with Gasteiger partial charge in [-0.25, -0.2) is 4.79 Å². The van der Waals surface area contributed by atoms with Crippen molar-refractivity contribution < 1.29 is 56.4 Å². The van der Waals surface area contributed by atoms with Gasteiger partial charge < -0.3 is 23.7 Å². The van der Waals surface area contributed by atoms with E-state index < -0.39 is 39.5 Å². The molecule has 284 valence electrons. The lowest BCUT2D eigenvalue weighted by atomic mass is 9.48. The van der Waals surface area contributed by atoms with Crippen molar-refractivity contribution in [3.63, 3.8) is 0 Å². The molecule has 0 amide bonds. The fourth-order valence-corrected chi connectivity index (χ4v) is 14.4. The molecule has 13 rings (SSSR count). The molecule has 12 heteroatoms. The van der Waals surface area contributed by atoms with Crippen LogP contribution in [0.1, 0.15) is 103 Å². The summed E-state index contributed by atoms with van der Waals surface area (Å²) in [6.45, 7) is 0.379. The molecule has 1 saturated heterocycles. The zero-order valence-electron chi connectivity index (χ0n) is 30.0. The molecule has 12 aliphatic carbocycles. The van der Waals surface area contributed by atoms with Crippen LogP contribution in [0.2, 0.25) is 0 Å². The van der Waals surface area contributed by atoms with Gasteiger partial charge in [-0.3, -0.25) is 19.2 Å². The standard InChI is InChI=1S/C40H50F2O10/c1-35(41,42)32(45)52-38-10-23-6-28(15-38)40(29(7-23)16-38)20-50-39(19-51-40,17-48-33(46)36-8-21-2-24(11-36)30(43)25(3-21)12-36)18-49-34(47)37-9-22-4-26(13-37)31(44)27(5-22)14-37/h21-29H,2-20H2,1H3. The molecule has 0 N–H and O–H groups in total. The lowest BCUT2D eigenvalue weighted by molar-refractivity contribution is -0.330. The van der Waals surface area contributed by atoms with Crippen molar-refractivity contribution in [3.8, 4) is 0 Å². The van der Waals surface area contributed by atoms with E-state index in [1.54, 1.807) is 0 Å². The number of ketones is 2. The van der Waals surface area contributed by atoms with E-state index in [9.17, 15) is 32.8 Å². The first kappa shape index (κ1) is 34.1. The molecule has 1 aliphatic heterocycles. The number of carbonyl (C=O) groups excluding carboxylic acids is 5. The summed E-state index contributed by atoms with van der Waals surface area (Å²) in [5, 5.41) is 0. The van der Waals surface area contributed by atoms with Gasteiger partial charge in [-0.05, 0) is 126 Å². The monoisotopic (exact) mass is 728 g/mol. The zero-order chi connectivity index (χ0) is 36.1. The van der Waals surface area contributed by atoms with Crippen LogP contribution in [0, 0.1) is 64.1 Å². The van der Waals surface area contributed by atoms with E-state index in [2.05, 4.69) is 0 Å². The van der Waals surface area contributed by atoms with Crippen LogP contribution in [-0.4, -0.2) is 78.6 Å². The summed E-state index contributed by atoms with van der Waals surface area (Å²) in [7, 11) is 0. The summed E-state index contributed by atoms with van der Waals surface area (Å²) in [5.74, 6) is -4.67. The molecule has 1 heterocycles. The predicted molar refractivity (Wildman–Crippen MR) is 174 cm³/mol. The molecule has 1 spiro atoms. The number of ether oxygens (including phenoxy) is 5. The number of esters is 3. The van der Waals surface area contributed by atoms with Gasteiger partial charge in [0, 0.05) is 30.6 Å². The van der Waals surface area contributed by atoms with Gasteiger partial charge in [0.15, 0.2) is 5.60 Å². The number of hydrogen-bond acceptors (Lipinski definition) is 10. The van der Waals surface area contributed by atoms with Gasteiger partial charge in [0.25, 0.3) is 0 Å². The van der Waals surface area contributed by atoms with Crippen LogP contribution in [0.5, 0.6) is 0 Å². The minimum Gasteiger partial charge on any atom is -0.462 e. The molecule has 13 aliphatic rings. The van der Waals surface area contributed by atoms with Gasteiger partial charge in [0.2, 0.25) is 0 Å². The Kier molecular flexibility index (Phi) is 7.25. The number of halogens is 2. The summed E-state index contributed by atoms with van der Waals surface area (Å²) < 4.78 is 59.4. The first-order valence-corrected chi connectivity index (χ1v) is 19.9. The third-order valence-corrected chi connectivity index (χ3v) is 16.2. The van der Waals surface area contributed by atoms with E-state index in [1.165, 1.54) is 0 Å². The Labute approximate surface area is 302 Å². The average molecular weight is 729 g/mol. The summed E-state index contributed by atoms with van der Waals surface area (Å²) in [6, 6.07) is 0. The van der Waals surface area contributed by atoms with Gasteiger partial charge in [-0.1, -0.05) is 0 Å². The summed E-state index contributed by atoms with van der Waals surface area (Å²) in [4.78, 5) is 66.1. The van der Waals surface area contributed by atoms with Gasteiger partial charge in [-0.15, -0.1) is 0 Å². The normalized spacial score (nSPS) is 50.6. The Morgan fingerprint density at radius 3 is 1.54 bits per heavy atom. The van der Waals surface area contributed by atoms with Crippen LogP contribution in [0.15, 0.2) is 0 Å². The van der Waals surface area contributed by atoms with Crippen molar-refractivity contribution in [1.82, 2.24) is 0 Å². The van der Waals surface area contributed by atoms with Gasteiger partial charge in [0.1, 0.15) is 30.4 Å². The van der Waals surface area contributed by atoms with E-state index in [-0.39, 0.29) is 79.8 Å². The maximum Gasteiger partial charge on any atom is 0.377 e. The summed E-state index contributed by atoms with van der Waals surface area (Å²) in [5.41, 5.74) is -4.31. The molecule has 0 aromatic carbocycles. The molecule has 0 aromatic heterocycles. The van der Waals surface area contributed by atoms with Crippen LogP contribution >= 0.6 is 0 Å². The molecule has 0 aromatic rings. The first-order chi connectivity index (χ1) is 24.6. The fourth-order valence-electron chi connectivity index (χ4n) is 14.4.